The van der Waals surface area contributed by atoms with Crippen molar-refractivity contribution in [3.05, 3.63) is 36.0 Å². The number of esters is 1. The van der Waals surface area contributed by atoms with E-state index in [0.717, 1.165) is 24.1 Å². The molecule has 0 spiro atoms. The number of aromatic amines is 1. The van der Waals surface area contributed by atoms with Gasteiger partial charge in [-0.2, -0.15) is 0 Å². The Hall–Kier alpha value is -1.08. The number of hydrogen-bond acceptors (Lipinski definition) is 3. The number of ether oxygens (including phenoxy) is 2. The molecule has 1 aromatic carbocycles. The van der Waals surface area contributed by atoms with Gasteiger partial charge in [-0.3, -0.25) is 0 Å². The first-order valence-corrected chi connectivity index (χ1v) is 9.54. The van der Waals surface area contributed by atoms with Gasteiger partial charge in [0.25, 0.3) is 0 Å². The van der Waals surface area contributed by atoms with Gasteiger partial charge in [0.1, 0.15) is 0 Å². The number of nitrogens with one attached hydrogen (secondary N) is 1. The predicted octanol–water partition coefficient (Wildman–Crippen LogP) is -0.563. The average molecular weight is 386 g/mol. The van der Waals surface area contributed by atoms with Crippen LogP contribution in [0, 0.1) is 0 Å². The number of aryl methyl sites for hydroxylation is 1. The summed E-state index contributed by atoms with van der Waals surface area (Å²) >= 11 is -0.142. The summed E-state index contributed by atoms with van der Waals surface area (Å²) in [5.74, 6) is -0.151. The molecule has 1 aliphatic heterocycles. The fraction of sp³-hybridized carbons (Fsp3) is 0.400. The molecule has 0 radical (unpaired) electrons. The molecule has 2 heterocycles. The normalized spacial score (nSPS) is 19.5. The van der Waals surface area contributed by atoms with Gasteiger partial charge in [-0.15, -0.1) is 0 Å². The van der Waals surface area contributed by atoms with Gasteiger partial charge in [0.05, 0.1) is 0 Å². The van der Waals surface area contributed by atoms with Crippen LogP contribution in [0.15, 0.2) is 30.5 Å². The molecule has 0 bridgehead atoms. The first-order chi connectivity index (χ1) is 9.83. The summed E-state index contributed by atoms with van der Waals surface area (Å²) in [5.41, 5.74) is 2.27. The molecule has 4 nitrogen and oxygen atoms in total. The topological polar surface area (TPSA) is 51.3 Å². The molecule has 20 heavy (non-hydrogen) atoms. The van der Waals surface area contributed by atoms with Crippen LogP contribution in [-0.2, 0) is 20.7 Å². The zero-order valence-electron chi connectivity index (χ0n) is 11.1. The Balaban J connectivity index is 1.54. The van der Waals surface area contributed by atoms with Crippen molar-refractivity contribution in [2.75, 3.05) is 11.0 Å². The van der Waals surface area contributed by atoms with Crippen molar-refractivity contribution in [3.63, 3.8) is 0 Å². The molecule has 1 saturated heterocycles. The van der Waals surface area contributed by atoms with Crippen LogP contribution >= 0.6 is 0 Å². The van der Waals surface area contributed by atoms with E-state index in [-0.39, 0.29) is 31.5 Å². The van der Waals surface area contributed by atoms with Gasteiger partial charge in [0.2, 0.25) is 0 Å². The molecular formula is C15H17INO3-. The molecule has 1 unspecified atom stereocenters. The Morgan fingerprint density at radius 3 is 3.20 bits per heavy atom. The molecule has 1 aromatic heterocycles. The quantitative estimate of drug-likeness (QED) is 0.436. The second-order valence-electron chi connectivity index (χ2n) is 4.69. The number of rotatable bonds is 4. The number of carbonyl (C=O) groups excluding carboxylic acids is 1. The van der Waals surface area contributed by atoms with Gasteiger partial charge >= 0.3 is 128 Å². The van der Waals surface area contributed by atoms with Gasteiger partial charge in [-0.05, 0) is 0 Å². The maximum atomic E-state index is 11.8. The molecular weight excluding hydrogens is 369 g/mol. The third-order valence-electron chi connectivity index (χ3n) is 3.26. The number of aromatic nitrogens is 1. The van der Waals surface area contributed by atoms with E-state index in [1.807, 2.05) is 24.4 Å². The first kappa shape index (κ1) is 13.9. The Bertz CT molecular complexity index is 590. The second-order valence-corrected chi connectivity index (χ2v) is 7.67. The number of halogens is 1. The molecule has 3 rings (SSSR count). The molecule has 0 aliphatic carbocycles. The van der Waals surface area contributed by atoms with E-state index < -0.39 is 0 Å². The van der Waals surface area contributed by atoms with Crippen LogP contribution in [0.5, 0.6) is 0 Å². The third kappa shape index (κ3) is 3.32. The molecule has 2 aromatic rings. The molecule has 0 amide bonds. The second kappa shape index (κ2) is 6.58. The standard InChI is InChI=1S/C15H17INO3/c18-14(20-15-16-8-3-9-19-15)7-6-11-10-17-13-5-2-1-4-12(11)13/h1-2,4-5,10,15,17H,3,6-9H2/q-1. The number of para-hydroxylation sites is 1. The Morgan fingerprint density at radius 2 is 2.35 bits per heavy atom. The number of hydrogen-bond donors (Lipinski definition) is 1. The van der Waals surface area contributed by atoms with Crippen LogP contribution < -0.4 is 21.2 Å². The molecule has 1 fully saturated rings. The van der Waals surface area contributed by atoms with Crippen LogP contribution in [0.1, 0.15) is 18.4 Å². The van der Waals surface area contributed by atoms with E-state index in [2.05, 4.69) is 11.1 Å². The van der Waals surface area contributed by atoms with E-state index in [0.29, 0.717) is 12.8 Å². The SMILES string of the molecule is O=C(CCc1c[nH]c2ccccc12)OC1OCCC[I-]1. The van der Waals surface area contributed by atoms with Crippen molar-refractivity contribution >= 4 is 16.9 Å². The Morgan fingerprint density at radius 1 is 1.45 bits per heavy atom. The number of fused-ring (bicyclic) bond motifs is 1. The van der Waals surface area contributed by atoms with Crippen LogP contribution in [0.2, 0.25) is 0 Å². The molecule has 5 heteroatoms. The van der Waals surface area contributed by atoms with Crippen molar-refractivity contribution in [1.29, 1.82) is 0 Å². The number of alkyl halides is 2. The Kier molecular flexibility index (Phi) is 4.57. The summed E-state index contributed by atoms with van der Waals surface area (Å²) in [7, 11) is 0. The summed E-state index contributed by atoms with van der Waals surface area (Å²) < 4.78 is 11.8. The van der Waals surface area contributed by atoms with Crippen molar-refractivity contribution in [1.82, 2.24) is 4.98 Å². The molecule has 0 saturated carbocycles. The molecule has 1 N–H and O–H groups in total. The van der Waals surface area contributed by atoms with E-state index in [4.69, 9.17) is 9.47 Å². The number of H-pyrrole nitrogens is 1. The van der Waals surface area contributed by atoms with Crippen LogP contribution in [0.25, 0.3) is 10.9 Å². The summed E-state index contributed by atoms with van der Waals surface area (Å²) in [6.07, 6.45) is 4.19. The zero-order valence-corrected chi connectivity index (χ0v) is 13.3. The third-order valence-corrected chi connectivity index (χ3v) is 5.98. The van der Waals surface area contributed by atoms with Crippen molar-refractivity contribution in [3.8, 4) is 0 Å². The van der Waals surface area contributed by atoms with E-state index >= 15 is 0 Å². The predicted molar refractivity (Wildman–Crippen MR) is 71.9 cm³/mol. The molecule has 108 valence electrons. The first-order valence-electron chi connectivity index (χ1n) is 6.77. The maximum absolute atomic E-state index is 11.8. The zero-order chi connectivity index (χ0) is 13.8. The fourth-order valence-corrected chi connectivity index (χ4v) is 4.48. The van der Waals surface area contributed by atoms with Crippen molar-refractivity contribution < 1.29 is 35.5 Å². The summed E-state index contributed by atoms with van der Waals surface area (Å²) in [5, 5.41) is 1.18. The van der Waals surface area contributed by atoms with Gasteiger partial charge in [0.15, 0.2) is 0 Å². The van der Waals surface area contributed by atoms with Gasteiger partial charge in [-0.1, -0.05) is 0 Å². The molecule has 1 atom stereocenters. The minimum absolute atomic E-state index is 0.142. The average Bonchev–Trinajstić information content (AvgIpc) is 2.89. The van der Waals surface area contributed by atoms with E-state index in [1.54, 1.807) is 0 Å². The fourth-order valence-electron chi connectivity index (χ4n) is 2.24. The van der Waals surface area contributed by atoms with Crippen LogP contribution in [-0.4, -0.2) is 26.3 Å². The van der Waals surface area contributed by atoms with Crippen molar-refractivity contribution in [2.24, 2.45) is 0 Å². The van der Waals surface area contributed by atoms with E-state index in [1.165, 1.54) is 9.81 Å². The number of benzene rings is 1. The van der Waals surface area contributed by atoms with Crippen molar-refractivity contribution in [2.45, 2.75) is 23.6 Å². The van der Waals surface area contributed by atoms with Gasteiger partial charge < -0.3 is 0 Å². The van der Waals surface area contributed by atoms with Gasteiger partial charge in [-0.25, -0.2) is 0 Å². The Labute approximate surface area is 128 Å². The minimum atomic E-state index is -0.224. The van der Waals surface area contributed by atoms with E-state index in [9.17, 15) is 4.79 Å². The summed E-state index contributed by atoms with van der Waals surface area (Å²) in [4.78, 5) is 15.1. The van der Waals surface area contributed by atoms with Crippen LogP contribution in [0.4, 0.5) is 0 Å². The summed E-state index contributed by atoms with van der Waals surface area (Å²) in [6, 6.07) is 8.12. The van der Waals surface area contributed by atoms with Gasteiger partial charge in [0, 0.05) is 0 Å². The number of carbonyl (C=O) groups is 1. The molecule has 1 aliphatic rings. The van der Waals surface area contributed by atoms with Crippen LogP contribution in [0.3, 0.4) is 0 Å². The summed E-state index contributed by atoms with van der Waals surface area (Å²) in [6.45, 7) is 0.722. The monoisotopic (exact) mass is 386 g/mol.